The summed E-state index contributed by atoms with van der Waals surface area (Å²) in [6, 6.07) is 2.04. The Bertz CT molecular complexity index is 762. The second-order valence-corrected chi connectivity index (χ2v) is 8.70. The number of halogens is 1. The van der Waals surface area contributed by atoms with E-state index in [1.807, 2.05) is 13.8 Å². The minimum Gasteiger partial charge on any atom is -0.465 e. The maximum atomic E-state index is 14.1. The number of ether oxygens (including phenoxy) is 1. The van der Waals surface area contributed by atoms with Crippen LogP contribution < -0.4 is 5.73 Å². The highest BCUT2D eigenvalue weighted by Gasteiger charge is 2.39. The van der Waals surface area contributed by atoms with Gasteiger partial charge in [0, 0.05) is 24.7 Å². The molecule has 24 heavy (non-hydrogen) atoms. The van der Waals surface area contributed by atoms with Crippen LogP contribution in [-0.4, -0.2) is 44.9 Å². The van der Waals surface area contributed by atoms with Crippen LogP contribution in [0.5, 0.6) is 0 Å². The molecule has 1 aromatic carbocycles. The molecule has 1 aromatic rings. The third-order valence-electron chi connectivity index (χ3n) is 4.61. The SMILES string of the molecule is COC(=O)c1cc(F)c(C)c(S(=O)(=O)N2CCC(N)C(C)(C)C2)c1. The summed E-state index contributed by atoms with van der Waals surface area (Å²) < 4.78 is 46.0. The van der Waals surface area contributed by atoms with E-state index in [1.165, 1.54) is 17.3 Å². The van der Waals surface area contributed by atoms with Crippen molar-refractivity contribution in [2.45, 2.75) is 38.1 Å². The van der Waals surface area contributed by atoms with Crippen LogP contribution in [0.4, 0.5) is 4.39 Å². The average molecular weight is 358 g/mol. The monoisotopic (exact) mass is 358 g/mol. The van der Waals surface area contributed by atoms with Crippen molar-refractivity contribution < 1.29 is 22.3 Å². The summed E-state index contributed by atoms with van der Waals surface area (Å²) in [6.45, 7) is 5.68. The number of nitrogens with zero attached hydrogens (tertiary/aromatic N) is 1. The largest absolute Gasteiger partial charge is 0.465 e. The van der Waals surface area contributed by atoms with Crippen molar-refractivity contribution in [2.75, 3.05) is 20.2 Å². The van der Waals surface area contributed by atoms with Gasteiger partial charge in [0.05, 0.1) is 17.6 Å². The lowest BCUT2D eigenvalue weighted by Gasteiger charge is -2.41. The van der Waals surface area contributed by atoms with Gasteiger partial charge in [-0.25, -0.2) is 17.6 Å². The quantitative estimate of drug-likeness (QED) is 0.830. The van der Waals surface area contributed by atoms with Gasteiger partial charge in [-0.3, -0.25) is 0 Å². The molecule has 1 aliphatic heterocycles. The number of rotatable bonds is 3. The lowest BCUT2D eigenvalue weighted by atomic mass is 9.81. The van der Waals surface area contributed by atoms with E-state index in [2.05, 4.69) is 4.74 Å². The van der Waals surface area contributed by atoms with E-state index < -0.39 is 27.2 Å². The Kier molecular flexibility index (Phi) is 5.03. The van der Waals surface area contributed by atoms with Gasteiger partial charge in [0.15, 0.2) is 0 Å². The number of nitrogens with two attached hydrogens (primary N) is 1. The van der Waals surface area contributed by atoms with E-state index in [1.54, 1.807) is 0 Å². The minimum atomic E-state index is -3.94. The molecule has 0 saturated carbocycles. The Morgan fingerprint density at radius 3 is 2.58 bits per heavy atom. The lowest BCUT2D eigenvalue weighted by molar-refractivity contribution is 0.0600. The molecule has 0 aliphatic carbocycles. The molecule has 1 aliphatic rings. The van der Waals surface area contributed by atoms with Crippen LogP contribution in [0.3, 0.4) is 0 Å². The molecular formula is C16H23FN2O4S. The zero-order valence-corrected chi connectivity index (χ0v) is 15.1. The molecule has 0 amide bonds. The number of piperidine rings is 1. The highest BCUT2D eigenvalue weighted by Crippen LogP contribution is 2.32. The molecule has 1 unspecified atom stereocenters. The first-order valence-corrected chi connectivity index (χ1v) is 9.09. The topological polar surface area (TPSA) is 89.7 Å². The summed E-state index contributed by atoms with van der Waals surface area (Å²) in [4.78, 5) is 11.5. The van der Waals surface area contributed by atoms with Crippen molar-refractivity contribution >= 4 is 16.0 Å². The third-order valence-corrected chi connectivity index (χ3v) is 6.58. The van der Waals surface area contributed by atoms with Crippen molar-refractivity contribution in [1.82, 2.24) is 4.31 Å². The molecule has 8 heteroatoms. The fourth-order valence-corrected chi connectivity index (χ4v) is 4.71. The van der Waals surface area contributed by atoms with E-state index in [9.17, 15) is 17.6 Å². The Hall–Kier alpha value is -1.51. The van der Waals surface area contributed by atoms with E-state index in [4.69, 9.17) is 5.73 Å². The molecule has 2 N–H and O–H groups in total. The van der Waals surface area contributed by atoms with E-state index in [0.29, 0.717) is 6.42 Å². The first kappa shape index (κ1) is 18.8. The molecule has 1 saturated heterocycles. The van der Waals surface area contributed by atoms with Gasteiger partial charge < -0.3 is 10.5 Å². The summed E-state index contributed by atoms with van der Waals surface area (Å²) in [6.07, 6.45) is 0.518. The molecule has 0 spiro atoms. The van der Waals surface area contributed by atoms with Gasteiger partial charge >= 0.3 is 5.97 Å². The van der Waals surface area contributed by atoms with Crippen molar-refractivity contribution in [3.8, 4) is 0 Å². The van der Waals surface area contributed by atoms with Crippen LogP contribution >= 0.6 is 0 Å². The summed E-state index contributed by atoms with van der Waals surface area (Å²) in [5.41, 5.74) is 5.51. The average Bonchev–Trinajstić information content (AvgIpc) is 2.51. The van der Waals surface area contributed by atoms with E-state index in [0.717, 1.165) is 13.2 Å². The number of methoxy groups -OCH3 is 1. The fourth-order valence-electron chi connectivity index (χ4n) is 2.83. The number of carbonyl (C=O) groups is 1. The molecular weight excluding hydrogens is 335 g/mol. The second-order valence-electron chi connectivity index (χ2n) is 6.80. The molecule has 1 fully saturated rings. The molecule has 1 atom stereocenters. The van der Waals surface area contributed by atoms with Crippen LogP contribution in [0.15, 0.2) is 17.0 Å². The van der Waals surface area contributed by atoms with Crippen LogP contribution in [0, 0.1) is 18.2 Å². The van der Waals surface area contributed by atoms with Crippen LogP contribution in [-0.2, 0) is 14.8 Å². The number of esters is 1. The van der Waals surface area contributed by atoms with Crippen molar-refractivity contribution in [2.24, 2.45) is 11.1 Å². The summed E-state index contributed by atoms with van der Waals surface area (Å²) in [5.74, 6) is -1.55. The van der Waals surface area contributed by atoms with Gasteiger partial charge in [0.25, 0.3) is 0 Å². The summed E-state index contributed by atoms with van der Waals surface area (Å²) >= 11 is 0. The smallest absolute Gasteiger partial charge is 0.337 e. The zero-order chi connectivity index (χ0) is 18.3. The molecule has 0 radical (unpaired) electrons. The standard InChI is InChI=1S/C16H23FN2O4S/c1-10-12(17)7-11(15(20)23-4)8-13(10)24(21,22)19-6-5-14(18)16(2,3)9-19/h7-8,14H,5-6,9,18H2,1-4H3. The number of sulfonamides is 1. The Morgan fingerprint density at radius 2 is 2.04 bits per heavy atom. The van der Waals surface area contributed by atoms with Crippen LogP contribution in [0.25, 0.3) is 0 Å². The summed E-state index contributed by atoms with van der Waals surface area (Å²) in [7, 11) is -2.79. The molecule has 0 bridgehead atoms. The molecule has 2 rings (SSSR count). The van der Waals surface area contributed by atoms with Gasteiger partial charge in [-0.2, -0.15) is 4.31 Å². The second kappa shape index (κ2) is 6.42. The van der Waals surface area contributed by atoms with Crippen molar-refractivity contribution in [3.05, 3.63) is 29.1 Å². The van der Waals surface area contributed by atoms with E-state index in [-0.39, 0.29) is 35.2 Å². The summed E-state index contributed by atoms with van der Waals surface area (Å²) in [5, 5.41) is 0. The molecule has 1 heterocycles. The Labute approximate surface area is 141 Å². The maximum absolute atomic E-state index is 14.1. The highest BCUT2D eigenvalue weighted by atomic mass is 32.2. The molecule has 134 valence electrons. The first-order valence-electron chi connectivity index (χ1n) is 7.65. The Balaban J connectivity index is 2.50. The third kappa shape index (κ3) is 3.31. The number of benzene rings is 1. The fraction of sp³-hybridized carbons (Fsp3) is 0.562. The molecule has 0 aromatic heterocycles. The zero-order valence-electron chi connectivity index (χ0n) is 14.3. The van der Waals surface area contributed by atoms with Crippen molar-refractivity contribution in [1.29, 1.82) is 0 Å². The lowest BCUT2D eigenvalue weighted by Crippen LogP contribution is -2.53. The number of hydrogen-bond acceptors (Lipinski definition) is 5. The van der Waals surface area contributed by atoms with Crippen molar-refractivity contribution in [3.63, 3.8) is 0 Å². The Morgan fingerprint density at radius 1 is 1.42 bits per heavy atom. The number of carbonyl (C=O) groups excluding carboxylic acids is 1. The maximum Gasteiger partial charge on any atom is 0.337 e. The van der Waals surface area contributed by atoms with Gasteiger partial charge in [0.1, 0.15) is 5.82 Å². The predicted molar refractivity (Wildman–Crippen MR) is 87.6 cm³/mol. The van der Waals surface area contributed by atoms with Gasteiger partial charge in [0.2, 0.25) is 10.0 Å². The van der Waals surface area contributed by atoms with E-state index >= 15 is 0 Å². The van der Waals surface area contributed by atoms with Gasteiger partial charge in [-0.15, -0.1) is 0 Å². The molecule has 6 nitrogen and oxygen atoms in total. The first-order chi connectivity index (χ1) is 11.0. The minimum absolute atomic E-state index is 0.0182. The normalized spacial score (nSPS) is 21.5. The number of hydrogen-bond donors (Lipinski definition) is 1. The highest BCUT2D eigenvalue weighted by molar-refractivity contribution is 7.89. The van der Waals surface area contributed by atoms with Crippen LogP contribution in [0.2, 0.25) is 0 Å². The van der Waals surface area contributed by atoms with Gasteiger partial charge in [-0.1, -0.05) is 13.8 Å². The predicted octanol–water partition coefficient (Wildman–Crippen LogP) is 1.67. The van der Waals surface area contributed by atoms with Gasteiger partial charge in [-0.05, 0) is 30.9 Å². The van der Waals surface area contributed by atoms with Crippen LogP contribution in [0.1, 0.15) is 36.2 Å².